The second-order valence-electron chi connectivity index (χ2n) is 17.7. The fourth-order valence-electron chi connectivity index (χ4n) is 9.49. The number of hydrogen-bond acceptors (Lipinski definition) is 8. The summed E-state index contributed by atoms with van der Waals surface area (Å²) in [5.74, 6) is 7.63. The summed E-state index contributed by atoms with van der Waals surface area (Å²) in [5, 5.41) is 5.51. The highest BCUT2D eigenvalue weighted by Gasteiger charge is 2.56. The number of H-pyrrole nitrogens is 2. The number of nitrogens with one attached hydrogen (secondary N) is 4. The van der Waals surface area contributed by atoms with E-state index in [-0.39, 0.29) is 34.7 Å². The minimum Gasteiger partial charge on any atom is -0.453 e. The molecule has 4 heterocycles. The molecule has 2 saturated carbocycles. The summed E-state index contributed by atoms with van der Waals surface area (Å²) in [6.07, 6.45) is 6.27. The van der Waals surface area contributed by atoms with Crippen LogP contribution in [0.5, 0.6) is 0 Å². The topological polar surface area (TPSA) is 175 Å². The van der Waals surface area contributed by atoms with Crippen LogP contribution in [0.2, 0.25) is 0 Å². The zero-order chi connectivity index (χ0) is 44.0. The van der Waals surface area contributed by atoms with E-state index in [2.05, 4.69) is 32.4 Å². The number of aromatic amines is 2. The van der Waals surface area contributed by atoms with Crippen molar-refractivity contribution in [2.45, 2.75) is 62.7 Å². The summed E-state index contributed by atoms with van der Waals surface area (Å²) in [6.45, 7) is 1.21. The monoisotopic (exact) mass is 856 g/mol. The Hall–Kier alpha value is -7.40. The lowest BCUT2D eigenvalue weighted by Gasteiger charge is -2.28. The molecule has 2 aliphatic heterocycles. The van der Waals surface area contributed by atoms with Crippen molar-refractivity contribution in [2.24, 2.45) is 10.8 Å². The van der Waals surface area contributed by atoms with Crippen LogP contribution in [0.4, 0.5) is 9.59 Å². The third-order valence-corrected chi connectivity index (χ3v) is 13.4. The molecule has 0 radical (unpaired) electrons. The van der Waals surface area contributed by atoms with Crippen LogP contribution in [0.1, 0.15) is 96.6 Å². The molecule has 4 fully saturated rings. The highest BCUT2D eigenvalue weighted by atomic mass is 16.5. The standard InChI is InChI=1S/C50H48N8O6/c1-63-47(61)55-41(34-9-5-3-6-10-34)45(59)57-29-49(21-22-49)26-39(57)43-51-28-38(54-43)33-18-15-31(16-19-33)13-14-32-17-20-36-37(25-32)53-44(52-36)40-27-50(23-24-50)30-58(40)46(60)42(56-48(62)64-2)35-11-7-4-8-12-35/h3-12,15-20,25,28,39-42H,21-24,26-27,29-30H2,1-2H3,(H,51,54)(H,52,53)(H,55,61)(H,56,62)/t39-,40-,41-,42-/m0/s1. The van der Waals surface area contributed by atoms with Gasteiger partial charge in [0.05, 0.1) is 49.2 Å². The molecule has 324 valence electrons. The molecule has 2 spiro atoms. The summed E-state index contributed by atoms with van der Waals surface area (Å²) in [6, 6.07) is 30.0. The van der Waals surface area contributed by atoms with Gasteiger partial charge in [-0.1, -0.05) is 84.6 Å². The number of amides is 4. The van der Waals surface area contributed by atoms with E-state index >= 15 is 0 Å². The summed E-state index contributed by atoms with van der Waals surface area (Å²) in [7, 11) is 2.58. The van der Waals surface area contributed by atoms with E-state index in [1.54, 1.807) is 6.20 Å². The van der Waals surface area contributed by atoms with E-state index in [0.717, 1.165) is 71.9 Å². The highest BCUT2D eigenvalue weighted by Crippen LogP contribution is 2.59. The van der Waals surface area contributed by atoms with Crippen molar-refractivity contribution in [3.63, 3.8) is 0 Å². The van der Waals surface area contributed by atoms with E-state index in [9.17, 15) is 19.2 Å². The van der Waals surface area contributed by atoms with Crippen molar-refractivity contribution in [3.05, 3.63) is 143 Å². The van der Waals surface area contributed by atoms with Crippen LogP contribution in [0.3, 0.4) is 0 Å². The van der Waals surface area contributed by atoms with E-state index in [4.69, 9.17) is 19.4 Å². The number of carbonyl (C=O) groups is 4. The quantitative estimate of drug-likeness (QED) is 0.107. The van der Waals surface area contributed by atoms with Crippen LogP contribution in [0, 0.1) is 22.7 Å². The van der Waals surface area contributed by atoms with Crippen LogP contribution in [-0.4, -0.2) is 81.0 Å². The van der Waals surface area contributed by atoms with Gasteiger partial charge in [-0.15, -0.1) is 0 Å². The Morgan fingerprint density at radius 1 is 0.672 bits per heavy atom. The van der Waals surface area contributed by atoms with Crippen LogP contribution in [0.15, 0.2) is 109 Å². The van der Waals surface area contributed by atoms with Gasteiger partial charge in [-0.05, 0) is 96.4 Å². The summed E-state index contributed by atoms with van der Waals surface area (Å²) < 4.78 is 9.77. The van der Waals surface area contributed by atoms with Gasteiger partial charge >= 0.3 is 12.2 Å². The third-order valence-electron chi connectivity index (χ3n) is 13.4. The SMILES string of the molecule is COC(=O)N[C@H](C(=O)N1CC2(CC2)C[C@H]1c1ncc(-c2ccc(C#Cc3ccc4nc([C@@H]5CC6(CC6)CN5C(=O)[C@@H](NC(=O)OC)c5ccccc5)[nH]c4c3)cc2)[nH]1)c1ccccc1. The lowest BCUT2D eigenvalue weighted by molar-refractivity contribution is -0.135. The maximum Gasteiger partial charge on any atom is 0.407 e. The van der Waals surface area contributed by atoms with Gasteiger partial charge in [0.15, 0.2) is 0 Å². The first-order valence-electron chi connectivity index (χ1n) is 21.7. The molecule has 4 aliphatic rings. The van der Waals surface area contributed by atoms with E-state index in [1.165, 1.54) is 14.2 Å². The molecule has 14 nitrogen and oxygen atoms in total. The van der Waals surface area contributed by atoms with Crippen molar-refractivity contribution < 1.29 is 28.7 Å². The molecule has 0 bridgehead atoms. The number of likely N-dealkylation sites (tertiary alicyclic amines) is 2. The second kappa shape index (κ2) is 16.4. The molecule has 2 saturated heterocycles. The van der Waals surface area contributed by atoms with Crippen molar-refractivity contribution in [1.82, 2.24) is 40.4 Å². The lowest BCUT2D eigenvalue weighted by Crippen LogP contribution is -2.43. The summed E-state index contributed by atoms with van der Waals surface area (Å²) in [4.78, 5) is 73.7. The fourth-order valence-corrected chi connectivity index (χ4v) is 9.49. The Balaban J connectivity index is 0.840. The number of imidazole rings is 2. The number of hydrogen-bond donors (Lipinski definition) is 4. The van der Waals surface area contributed by atoms with Gasteiger partial charge in [0, 0.05) is 24.2 Å². The predicted octanol–water partition coefficient (Wildman–Crippen LogP) is 7.65. The molecule has 10 rings (SSSR count). The molecule has 4 aromatic carbocycles. The second-order valence-corrected chi connectivity index (χ2v) is 17.7. The zero-order valence-corrected chi connectivity index (χ0v) is 35.6. The Morgan fingerprint density at radius 3 is 1.72 bits per heavy atom. The lowest BCUT2D eigenvalue weighted by atomic mass is 10.0. The number of rotatable bonds is 9. The van der Waals surface area contributed by atoms with E-state index in [1.807, 2.05) is 113 Å². The third kappa shape index (κ3) is 8.05. The average Bonchev–Trinajstić information content (AvgIpc) is 3.94. The number of benzene rings is 4. The molecule has 0 unspecified atom stereocenters. The molecule has 2 aliphatic carbocycles. The zero-order valence-electron chi connectivity index (χ0n) is 35.6. The minimum absolute atomic E-state index is 0.0627. The number of aromatic nitrogens is 4. The van der Waals surface area contributed by atoms with Gasteiger partial charge in [-0.3, -0.25) is 9.59 Å². The largest absolute Gasteiger partial charge is 0.453 e. The van der Waals surface area contributed by atoms with Gasteiger partial charge in [0.1, 0.15) is 23.7 Å². The predicted molar refractivity (Wildman–Crippen MR) is 237 cm³/mol. The molecular formula is C50H48N8O6. The summed E-state index contributed by atoms with van der Waals surface area (Å²) >= 11 is 0. The van der Waals surface area contributed by atoms with Crippen LogP contribution in [-0.2, 0) is 19.1 Å². The number of alkyl carbamates (subject to hydrolysis) is 2. The number of ether oxygens (including phenoxy) is 2. The highest BCUT2D eigenvalue weighted by molar-refractivity contribution is 5.89. The normalized spacial score (nSPS) is 19.7. The smallest absolute Gasteiger partial charge is 0.407 e. The maximum atomic E-state index is 14.3. The van der Waals surface area contributed by atoms with Gasteiger partial charge < -0.3 is 39.9 Å². The van der Waals surface area contributed by atoms with Gasteiger partial charge in [-0.25, -0.2) is 19.6 Å². The molecule has 64 heavy (non-hydrogen) atoms. The van der Waals surface area contributed by atoms with E-state index in [0.29, 0.717) is 35.9 Å². The van der Waals surface area contributed by atoms with Crippen molar-refractivity contribution in [2.75, 3.05) is 27.3 Å². The first-order chi connectivity index (χ1) is 31.1. The van der Waals surface area contributed by atoms with Gasteiger partial charge in [0.2, 0.25) is 0 Å². The van der Waals surface area contributed by atoms with Gasteiger partial charge in [0.25, 0.3) is 11.8 Å². The molecule has 4 N–H and O–H groups in total. The molecule has 14 heteroatoms. The summed E-state index contributed by atoms with van der Waals surface area (Å²) in [5.41, 5.74) is 6.53. The molecule has 4 atom stereocenters. The van der Waals surface area contributed by atoms with Crippen LogP contribution < -0.4 is 10.6 Å². The molecule has 4 amide bonds. The molecular weight excluding hydrogens is 809 g/mol. The Kier molecular flexibility index (Phi) is 10.4. The van der Waals surface area contributed by atoms with Crippen molar-refractivity contribution >= 4 is 35.0 Å². The average molecular weight is 857 g/mol. The van der Waals surface area contributed by atoms with E-state index < -0.39 is 24.3 Å². The first kappa shape index (κ1) is 40.7. The number of fused-ring (bicyclic) bond motifs is 1. The van der Waals surface area contributed by atoms with Crippen LogP contribution in [0.25, 0.3) is 22.3 Å². The van der Waals surface area contributed by atoms with Crippen molar-refractivity contribution in [3.8, 4) is 23.1 Å². The number of methoxy groups -OCH3 is 2. The Morgan fingerprint density at radius 2 is 1.19 bits per heavy atom. The first-order valence-corrected chi connectivity index (χ1v) is 21.7. The Labute approximate surface area is 370 Å². The maximum absolute atomic E-state index is 14.3. The fraction of sp³-hybridized carbons (Fsp3) is 0.320. The number of carbonyl (C=O) groups excluding carboxylic acids is 4. The van der Waals surface area contributed by atoms with Crippen molar-refractivity contribution in [1.29, 1.82) is 0 Å². The van der Waals surface area contributed by atoms with Gasteiger partial charge in [-0.2, -0.15) is 0 Å². The Bertz CT molecular complexity index is 2800. The molecule has 6 aromatic rings. The molecule has 2 aromatic heterocycles. The number of nitrogens with zero attached hydrogens (tertiary/aromatic N) is 4. The van der Waals surface area contributed by atoms with Crippen LogP contribution >= 0.6 is 0 Å². The minimum atomic E-state index is -0.893.